The summed E-state index contributed by atoms with van der Waals surface area (Å²) in [6, 6.07) is 16.7. The summed E-state index contributed by atoms with van der Waals surface area (Å²) in [4.78, 5) is 71.4. The van der Waals surface area contributed by atoms with Crippen LogP contribution in [0.3, 0.4) is 0 Å². The number of nitrogens with one attached hydrogen (secondary N) is 2. The molecule has 4 aliphatic rings. The van der Waals surface area contributed by atoms with Crippen LogP contribution in [0.2, 0.25) is 0 Å². The largest absolute Gasteiger partial charge is 0.369 e. The summed E-state index contributed by atoms with van der Waals surface area (Å²) in [5.41, 5.74) is 4.86. The van der Waals surface area contributed by atoms with E-state index in [1.807, 2.05) is 35.2 Å². The summed E-state index contributed by atoms with van der Waals surface area (Å²) in [6.07, 6.45) is 13.9. The molecule has 62 heavy (non-hydrogen) atoms. The number of hydrogen-bond acceptors (Lipinski definition) is 10. The highest BCUT2D eigenvalue weighted by Gasteiger charge is 2.39. The molecular weight excluding hydrogens is 783 g/mol. The van der Waals surface area contributed by atoms with Gasteiger partial charge in [-0.25, -0.2) is 0 Å². The minimum atomic E-state index is -0.630. The predicted molar refractivity (Wildman–Crippen MR) is 234 cm³/mol. The summed E-state index contributed by atoms with van der Waals surface area (Å²) in [7, 11) is 0. The van der Waals surface area contributed by atoms with Crippen LogP contribution in [0.25, 0.3) is 6.08 Å². The van der Waals surface area contributed by atoms with Gasteiger partial charge in [-0.1, -0.05) is 37.2 Å². The number of imide groups is 1. The monoisotopic (exact) mass is 837 g/mol. The third kappa shape index (κ3) is 11.3. The van der Waals surface area contributed by atoms with Crippen LogP contribution >= 0.6 is 0 Å². The number of anilines is 1. The van der Waals surface area contributed by atoms with E-state index in [-0.39, 0.29) is 35.6 Å². The first-order valence-electron chi connectivity index (χ1n) is 22.1. The lowest BCUT2D eigenvalue weighted by atomic mass is 9.91. The summed E-state index contributed by atoms with van der Waals surface area (Å²) in [6.45, 7) is 7.32. The molecule has 7 rings (SSSR count). The summed E-state index contributed by atoms with van der Waals surface area (Å²) in [5, 5.41) is 22.1. The number of aromatic nitrogens is 2. The van der Waals surface area contributed by atoms with Crippen molar-refractivity contribution >= 4 is 41.3 Å². The van der Waals surface area contributed by atoms with E-state index >= 15 is 0 Å². The van der Waals surface area contributed by atoms with Gasteiger partial charge in [-0.2, -0.15) is 15.5 Å². The number of nitriles is 1. The predicted octanol–water partition coefficient (Wildman–Crippen LogP) is 4.72. The Morgan fingerprint density at radius 3 is 2.44 bits per heavy atom. The van der Waals surface area contributed by atoms with Gasteiger partial charge < -0.3 is 20.0 Å². The minimum Gasteiger partial charge on any atom is -0.369 e. The number of nitrogens with zero attached hydrogens (tertiary/aromatic N) is 7. The third-order valence-electron chi connectivity index (χ3n) is 12.4. The Balaban J connectivity index is 0.744. The molecule has 2 aromatic carbocycles. The average molecular weight is 838 g/mol. The number of unbranched alkanes of at least 4 members (excludes halogenated alkanes) is 4. The zero-order chi connectivity index (χ0) is 43.3. The van der Waals surface area contributed by atoms with Crippen LogP contribution in [-0.2, 0) is 20.9 Å². The van der Waals surface area contributed by atoms with Gasteiger partial charge in [0.05, 0.1) is 12.4 Å². The number of benzene rings is 2. The molecule has 1 atom stereocenters. The smallest absolute Gasteiger partial charge is 0.261 e. The van der Waals surface area contributed by atoms with Gasteiger partial charge in [-0.3, -0.25) is 34.2 Å². The molecule has 3 saturated heterocycles. The molecule has 1 unspecified atom stereocenters. The van der Waals surface area contributed by atoms with E-state index in [9.17, 15) is 29.2 Å². The van der Waals surface area contributed by atoms with Crippen LogP contribution in [0.1, 0.15) is 108 Å². The molecule has 0 aliphatic carbocycles. The maximum atomic E-state index is 13.4. The molecule has 3 fully saturated rings. The molecule has 5 heterocycles. The number of carbonyl (C=O) groups excluding carboxylic acids is 5. The first-order valence-corrected chi connectivity index (χ1v) is 22.1. The molecule has 5 amide bonds. The van der Waals surface area contributed by atoms with Crippen molar-refractivity contribution in [1.82, 2.24) is 35.5 Å². The molecule has 14 heteroatoms. The van der Waals surface area contributed by atoms with Crippen molar-refractivity contribution in [2.75, 3.05) is 57.3 Å². The number of piperidine rings is 2. The van der Waals surface area contributed by atoms with Crippen LogP contribution in [0.5, 0.6) is 0 Å². The third-order valence-corrected chi connectivity index (χ3v) is 12.4. The Hall–Kier alpha value is -6.38. The molecular formula is C48H55N9O5. The standard InChI is InChI=1S/C48H55N9O5/c49-32-39(31-36-19-23-51-52-33-36)45(59)50-22-6-5-9-35-20-25-56(26-21-35)47(61)38-13-15-40(16-14-38)55-29-27-54(28-30-55)24-7-3-1-2-4-10-37-11-8-12-41-42(37)34-57(48(41)62)43-17-18-44(58)53-46(43)60/h8,11-16,19,23,31,33,35,43H,1-3,5-7,9,17-18,20-22,24-30,34H2,(H,50,59)(H,53,58,60)/b39-31+. The Morgan fingerprint density at radius 2 is 1.69 bits per heavy atom. The maximum absolute atomic E-state index is 13.4. The highest BCUT2D eigenvalue weighted by molar-refractivity contribution is 6.05. The van der Waals surface area contributed by atoms with Crippen molar-refractivity contribution < 1.29 is 24.0 Å². The Morgan fingerprint density at radius 1 is 0.887 bits per heavy atom. The lowest BCUT2D eigenvalue weighted by molar-refractivity contribution is -0.137. The van der Waals surface area contributed by atoms with Crippen LogP contribution in [0, 0.1) is 29.1 Å². The second kappa shape index (κ2) is 21.4. The van der Waals surface area contributed by atoms with E-state index in [0.29, 0.717) is 36.6 Å². The number of fused-ring (bicyclic) bond motifs is 1. The fraction of sp³-hybridized carbons (Fsp3) is 0.458. The normalized spacial score (nSPS) is 18.4. The number of rotatable bonds is 15. The van der Waals surface area contributed by atoms with Crippen LogP contribution in [0.15, 0.2) is 66.5 Å². The fourth-order valence-electron chi connectivity index (χ4n) is 8.79. The zero-order valence-corrected chi connectivity index (χ0v) is 35.3. The number of amides is 5. The molecule has 322 valence electrons. The topological polar surface area (TPSA) is 172 Å². The van der Waals surface area contributed by atoms with Crippen molar-refractivity contribution in [2.24, 2.45) is 5.92 Å². The van der Waals surface area contributed by atoms with Crippen molar-refractivity contribution in [3.63, 3.8) is 0 Å². The maximum Gasteiger partial charge on any atom is 0.261 e. The van der Waals surface area contributed by atoms with Crippen molar-refractivity contribution in [1.29, 1.82) is 5.26 Å². The first-order chi connectivity index (χ1) is 30.3. The van der Waals surface area contributed by atoms with Crippen LogP contribution < -0.4 is 15.5 Å². The Labute approximate surface area is 363 Å². The molecule has 0 saturated carbocycles. The summed E-state index contributed by atoms with van der Waals surface area (Å²) >= 11 is 0. The van der Waals surface area contributed by atoms with Crippen molar-refractivity contribution in [3.05, 3.63) is 94.3 Å². The highest BCUT2D eigenvalue weighted by Crippen LogP contribution is 2.30. The van der Waals surface area contributed by atoms with Crippen LogP contribution in [-0.4, -0.2) is 113 Å². The molecule has 4 aliphatic heterocycles. The van der Waals surface area contributed by atoms with E-state index in [0.717, 1.165) is 126 Å². The molecule has 2 N–H and O–H groups in total. The van der Waals surface area contributed by atoms with Gasteiger partial charge in [0.25, 0.3) is 17.7 Å². The molecule has 0 bridgehead atoms. The summed E-state index contributed by atoms with van der Waals surface area (Å²) < 4.78 is 0. The van der Waals surface area contributed by atoms with E-state index < -0.39 is 11.9 Å². The van der Waals surface area contributed by atoms with Gasteiger partial charge in [0, 0.05) is 87.6 Å². The van der Waals surface area contributed by atoms with Crippen molar-refractivity contribution in [2.45, 2.75) is 83.2 Å². The lowest BCUT2D eigenvalue weighted by Crippen LogP contribution is -2.52. The van der Waals surface area contributed by atoms with Crippen molar-refractivity contribution in [3.8, 4) is 17.9 Å². The highest BCUT2D eigenvalue weighted by atomic mass is 16.2. The van der Waals surface area contributed by atoms with Gasteiger partial charge in [0.15, 0.2) is 0 Å². The second-order valence-electron chi connectivity index (χ2n) is 16.6. The Bertz CT molecular complexity index is 2230. The first kappa shape index (κ1) is 43.7. The van der Waals surface area contributed by atoms with Gasteiger partial charge in [0.1, 0.15) is 17.7 Å². The minimum absolute atomic E-state index is 0.0439. The zero-order valence-electron chi connectivity index (χ0n) is 35.3. The molecule has 0 radical (unpaired) electrons. The number of likely N-dealkylation sites (tertiary alicyclic amines) is 1. The van der Waals surface area contributed by atoms with E-state index in [2.05, 4.69) is 54.6 Å². The SMILES string of the molecule is N#C/C(=C\c1ccnnc1)C(=O)NCCCCC1CCN(C(=O)c2ccc(N3CCN(CCCCCC#Cc4cccc5c4CN(C4CCC(=O)NC4=O)C5=O)CC3)cc2)CC1. The Kier molecular flexibility index (Phi) is 15.1. The quantitative estimate of drug-likeness (QED) is 0.0718. The number of piperazine rings is 1. The van der Waals surface area contributed by atoms with E-state index in [4.69, 9.17) is 0 Å². The van der Waals surface area contributed by atoms with Gasteiger partial charge in [0.2, 0.25) is 11.8 Å². The van der Waals surface area contributed by atoms with Gasteiger partial charge in [-0.15, -0.1) is 0 Å². The molecule has 14 nitrogen and oxygen atoms in total. The molecule has 1 aromatic heterocycles. The van der Waals surface area contributed by atoms with E-state index in [1.165, 1.54) is 18.5 Å². The van der Waals surface area contributed by atoms with Gasteiger partial charge >= 0.3 is 0 Å². The number of carbonyl (C=O) groups is 5. The molecule has 3 aromatic rings. The average Bonchev–Trinajstić information content (AvgIpc) is 3.64. The van der Waals surface area contributed by atoms with Gasteiger partial charge in [-0.05, 0) is 111 Å². The fourth-order valence-corrected chi connectivity index (χ4v) is 8.79. The molecule has 0 spiro atoms. The van der Waals surface area contributed by atoms with E-state index in [1.54, 1.807) is 17.0 Å². The summed E-state index contributed by atoms with van der Waals surface area (Å²) in [5.74, 6) is 5.97. The number of hydrogen-bond donors (Lipinski definition) is 2. The lowest BCUT2D eigenvalue weighted by Gasteiger charge is -2.36. The second-order valence-corrected chi connectivity index (χ2v) is 16.6. The van der Waals surface area contributed by atoms with Crippen LogP contribution in [0.4, 0.5) is 5.69 Å².